The van der Waals surface area contributed by atoms with Crippen LogP contribution in [0.15, 0.2) is 0 Å². The Balaban J connectivity index is 2.15. The van der Waals surface area contributed by atoms with Gasteiger partial charge in [-0.1, -0.05) is 6.92 Å². The van der Waals surface area contributed by atoms with E-state index < -0.39 is 5.97 Å². The van der Waals surface area contributed by atoms with E-state index in [1.165, 1.54) is 19.3 Å². The number of hydrogen-bond donors (Lipinski definition) is 1. The lowest BCUT2D eigenvalue weighted by Crippen LogP contribution is -2.29. The van der Waals surface area contributed by atoms with Crippen LogP contribution in [0.2, 0.25) is 0 Å². The van der Waals surface area contributed by atoms with Crippen molar-refractivity contribution in [2.45, 2.75) is 39.0 Å². The van der Waals surface area contributed by atoms with Crippen molar-refractivity contribution >= 4 is 5.97 Å². The largest absolute Gasteiger partial charge is 0.481 e. The summed E-state index contributed by atoms with van der Waals surface area (Å²) >= 11 is 0. The predicted octanol–water partition coefficient (Wildman–Crippen LogP) is 2.29. The van der Waals surface area contributed by atoms with Crippen LogP contribution in [-0.4, -0.2) is 11.1 Å². The quantitative estimate of drug-likeness (QED) is 0.686. The van der Waals surface area contributed by atoms with Crippen LogP contribution in [0.5, 0.6) is 0 Å². The first-order valence-corrected chi connectivity index (χ1v) is 4.87. The molecule has 0 spiro atoms. The highest BCUT2D eigenvalue weighted by Gasteiger charge is 2.50. The van der Waals surface area contributed by atoms with Gasteiger partial charge in [0, 0.05) is 0 Å². The monoisotopic (exact) mass is 168 g/mol. The Kier molecular flexibility index (Phi) is 1.67. The summed E-state index contributed by atoms with van der Waals surface area (Å²) in [6.07, 6.45) is 6.05. The van der Waals surface area contributed by atoms with E-state index in [9.17, 15) is 4.79 Å². The molecule has 2 bridgehead atoms. The van der Waals surface area contributed by atoms with E-state index in [-0.39, 0.29) is 11.3 Å². The number of carboxylic acid groups (broad SMARTS) is 1. The van der Waals surface area contributed by atoms with E-state index in [1.807, 2.05) is 6.92 Å². The topological polar surface area (TPSA) is 37.3 Å². The molecule has 2 aliphatic rings. The molecule has 0 radical (unpaired) electrons. The van der Waals surface area contributed by atoms with Crippen molar-refractivity contribution in [3.63, 3.8) is 0 Å². The molecule has 2 rings (SSSR count). The van der Waals surface area contributed by atoms with E-state index in [2.05, 4.69) is 0 Å². The van der Waals surface area contributed by atoms with Crippen molar-refractivity contribution in [3.05, 3.63) is 0 Å². The Morgan fingerprint density at radius 3 is 2.42 bits per heavy atom. The molecule has 0 amide bonds. The van der Waals surface area contributed by atoms with Crippen molar-refractivity contribution < 1.29 is 9.90 Å². The van der Waals surface area contributed by atoms with E-state index in [0.717, 1.165) is 18.8 Å². The molecule has 2 fully saturated rings. The first-order chi connectivity index (χ1) is 5.64. The first kappa shape index (κ1) is 8.09. The number of fused-ring (bicyclic) bond motifs is 2. The maximum Gasteiger partial charge on any atom is 0.306 e. The summed E-state index contributed by atoms with van der Waals surface area (Å²) in [5, 5.41) is 8.96. The van der Waals surface area contributed by atoms with Gasteiger partial charge in [0.1, 0.15) is 0 Å². The molecule has 2 nitrogen and oxygen atoms in total. The first-order valence-electron chi connectivity index (χ1n) is 4.87. The zero-order valence-corrected chi connectivity index (χ0v) is 7.55. The predicted molar refractivity (Wildman–Crippen MR) is 45.8 cm³/mol. The van der Waals surface area contributed by atoms with Crippen molar-refractivity contribution in [1.82, 2.24) is 0 Å². The van der Waals surface area contributed by atoms with Crippen molar-refractivity contribution in [3.8, 4) is 0 Å². The normalized spacial score (nSPS) is 41.6. The maximum absolute atomic E-state index is 10.9. The third kappa shape index (κ3) is 0.970. The Morgan fingerprint density at radius 2 is 2.08 bits per heavy atom. The molecule has 2 aliphatic carbocycles. The van der Waals surface area contributed by atoms with E-state index in [1.54, 1.807) is 0 Å². The van der Waals surface area contributed by atoms with Crippen molar-refractivity contribution in [2.75, 3.05) is 0 Å². The molecule has 1 unspecified atom stereocenters. The van der Waals surface area contributed by atoms with Gasteiger partial charge in [-0.15, -0.1) is 0 Å². The molecule has 1 atom stereocenters. The lowest BCUT2D eigenvalue weighted by Gasteiger charge is -2.30. The lowest BCUT2D eigenvalue weighted by atomic mass is 9.74. The zero-order chi connectivity index (χ0) is 8.77. The van der Waals surface area contributed by atoms with Gasteiger partial charge in [-0.3, -0.25) is 4.79 Å². The standard InChI is InChI=1S/C10H16O2/c1-7(9(11)12)10-4-2-8(6-10)3-5-10/h7-8H,2-6H2,1H3,(H,11,12). The molecule has 68 valence electrons. The molecule has 0 saturated heterocycles. The van der Waals surface area contributed by atoms with Gasteiger partial charge in [0.05, 0.1) is 5.92 Å². The summed E-state index contributed by atoms with van der Waals surface area (Å²) < 4.78 is 0. The van der Waals surface area contributed by atoms with Crippen LogP contribution in [0.4, 0.5) is 0 Å². The van der Waals surface area contributed by atoms with Gasteiger partial charge in [0.25, 0.3) is 0 Å². The average Bonchev–Trinajstić information content (AvgIpc) is 2.62. The summed E-state index contributed by atoms with van der Waals surface area (Å²) in [5.74, 6) is 0.134. The summed E-state index contributed by atoms with van der Waals surface area (Å²) in [4.78, 5) is 10.9. The Morgan fingerprint density at radius 1 is 1.50 bits per heavy atom. The minimum absolute atomic E-state index is 0.120. The Labute approximate surface area is 73.0 Å². The number of hydrogen-bond acceptors (Lipinski definition) is 1. The number of rotatable bonds is 2. The molecule has 1 N–H and O–H groups in total. The molecule has 0 aromatic carbocycles. The van der Waals surface area contributed by atoms with Crippen LogP contribution in [0.1, 0.15) is 39.0 Å². The fourth-order valence-corrected chi connectivity index (χ4v) is 3.11. The highest BCUT2D eigenvalue weighted by atomic mass is 16.4. The fourth-order valence-electron chi connectivity index (χ4n) is 3.11. The van der Waals surface area contributed by atoms with Gasteiger partial charge in [-0.25, -0.2) is 0 Å². The summed E-state index contributed by atoms with van der Waals surface area (Å²) in [5.41, 5.74) is 0.191. The minimum Gasteiger partial charge on any atom is -0.481 e. The smallest absolute Gasteiger partial charge is 0.306 e. The lowest BCUT2D eigenvalue weighted by molar-refractivity contribution is -0.145. The Bertz CT molecular complexity index is 202. The Hall–Kier alpha value is -0.530. The fraction of sp³-hybridized carbons (Fsp3) is 0.900. The van der Waals surface area contributed by atoms with E-state index in [4.69, 9.17) is 5.11 Å². The third-order valence-corrected chi connectivity index (χ3v) is 4.09. The molecule has 2 heteroatoms. The van der Waals surface area contributed by atoms with Crippen molar-refractivity contribution in [2.24, 2.45) is 17.3 Å². The van der Waals surface area contributed by atoms with E-state index >= 15 is 0 Å². The van der Waals surface area contributed by atoms with E-state index in [0.29, 0.717) is 0 Å². The summed E-state index contributed by atoms with van der Waals surface area (Å²) in [6, 6.07) is 0. The van der Waals surface area contributed by atoms with Gasteiger partial charge in [-0.05, 0) is 43.4 Å². The molecular formula is C10H16O2. The highest BCUT2D eigenvalue weighted by molar-refractivity contribution is 5.70. The SMILES string of the molecule is CC(C(=O)O)C12CCC(CC1)C2. The molecule has 0 aromatic heterocycles. The summed E-state index contributed by atoms with van der Waals surface area (Å²) in [6.45, 7) is 1.88. The second-order valence-electron chi connectivity index (χ2n) is 4.57. The molecule has 2 saturated carbocycles. The van der Waals surface area contributed by atoms with Crippen LogP contribution >= 0.6 is 0 Å². The van der Waals surface area contributed by atoms with Gasteiger partial charge >= 0.3 is 5.97 Å². The van der Waals surface area contributed by atoms with Crippen molar-refractivity contribution in [1.29, 1.82) is 0 Å². The van der Waals surface area contributed by atoms with Crippen LogP contribution in [0.25, 0.3) is 0 Å². The maximum atomic E-state index is 10.9. The number of carboxylic acids is 1. The molecule has 12 heavy (non-hydrogen) atoms. The van der Waals surface area contributed by atoms with Crippen LogP contribution in [-0.2, 0) is 4.79 Å². The number of carbonyl (C=O) groups is 1. The van der Waals surface area contributed by atoms with Crippen LogP contribution in [0.3, 0.4) is 0 Å². The summed E-state index contributed by atoms with van der Waals surface area (Å²) in [7, 11) is 0. The second kappa shape index (κ2) is 2.48. The average molecular weight is 168 g/mol. The third-order valence-electron chi connectivity index (χ3n) is 4.09. The highest BCUT2D eigenvalue weighted by Crippen LogP contribution is 2.57. The minimum atomic E-state index is -0.599. The molecule has 0 heterocycles. The molecule has 0 aromatic rings. The van der Waals surface area contributed by atoms with Gasteiger partial charge in [0.2, 0.25) is 0 Å². The van der Waals surface area contributed by atoms with Gasteiger partial charge < -0.3 is 5.11 Å². The van der Waals surface area contributed by atoms with Gasteiger partial charge in [0.15, 0.2) is 0 Å². The zero-order valence-electron chi connectivity index (χ0n) is 7.55. The van der Waals surface area contributed by atoms with Crippen LogP contribution < -0.4 is 0 Å². The second-order valence-corrected chi connectivity index (χ2v) is 4.57. The molecule has 0 aliphatic heterocycles. The number of aliphatic carboxylic acids is 1. The van der Waals surface area contributed by atoms with Crippen LogP contribution in [0, 0.1) is 17.3 Å². The molecular weight excluding hydrogens is 152 g/mol. The van der Waals surface area contributed by atoms with Gasteiger partial charge in [-0.2, -0.15) is 0 Å².